The second-order valence-corrected chi connectivity index (χ2v) is 5.64. The lowest BCUT2D eigenvalue weighted by atomic mass is 10.3. The van der Waals surface area contributed by atoms with Gasteiger partial charge in [0.05, 0.1) is 5.69 Å². The van der Waals surface area contributed by atoms with E-state index >= 15 is 0 Å². The van der Waals surface area contributed by atoms with Gasteiger partial charge in [-0.25, -0.2) is 9.67 Å². The molecule has 114 valence electrons. The Hall–Kier alpha value is -2.05. The van der Waals surface area contributed by atoms with E-state index < -0.39 is 0 Å². The first kappa shape index (κ1) is 13.9. The summed E-state index contributed by atoms with van der Waals surface area (Å²) in [7, 11) is 0. The number of aryl methyl sites for hydroxylation is 3. The van der Waals surface area contributed by atoms with E-state index in [1.54, 1.807) is 0 Å². The normalized spacial score (nSPS) is 14.8. The number of nitrogens with two attached hydrogens (primary N) is 1. The molecule has 0 atom stereocenters. The van der Waals surface area contributed by atoms with Gasteiger partial charge in [0.15, 0.2) is 5.65 Å². The topological polar surface area (TPSA) is 90.8 Å². The molecule has 0 radical (unpaired) electrons. The highest BCUT2D eigenvalue weighted by Gasteiger charge is 2.23. The lowest BCUT2D eigenvalue weighted by Gasteiger charge is -2.08. The maximum atomic E-state index is 11.7. The molecular weight excluding hydrogens is 268 g/mol. The van der Waals surface area contributed by atoms with Crippen molar-refractivity contribution in [2.24, 2.45) is 0 Å². The summed E-state index contributed by atoms with van der Waals surface area (Å²) in [5, 5.41) is 7.46. The molecule has 0 aromatic carbocycles. The Morgan fingerprint density at radius 1 is 1.48 bits per heavy atom. The first-order chi connectivity index (χ1) is 10.1. The maximum absolute atomic E-state index is 11.7. The highest BCUT2D eigenvalue weighted by molar-refractivity contribution is 5.78. The van der Waals surface area contributed by atoms with Gasteiger partial charge in [-0.15, -0.1) is 0 Å². The summed E-state index contributed by atoms with van der Waals surface area (Å²) in [5.41, 5.74) is 8.71. The highest BCUT2D eigenvalue weighted by Crippen LogP contribution is 2.22. The minimum absolute atomic E-state index is 0.132. The van der Waals surface area contributed by atoms with Gasteiger partial charge < -0.3 is 11.1 Å². The van der Waals surface area contributed by atoms with Gasteiger partial charge in [0.2, 0.25) is 11.9 Å². The predicted molar refractivity (Wildman–Crippen MR) is 80.7 cm³/mol. The van der Waals surface area contributed by atoms with Crippen molar-refractivity contribution in [3.63, 3.8) is 0 Å². The smallest absolute Gasteiger partial charge is 0.220 e. The Labute approximate surface area is 123 Å². The molecule has 21 heavy (non-hydrogen) atoms. The molecule has 1 aliphatic carbocycles. The van der Waals surface area contributed by atoms with Crippen molar-refractivity contribution in [1.29, 1.82) is 0 Å². The van der Waals surface area contributed by atoms with Gasteiger partial charge in [0, 0.05) is 25.6 Å². The highest BCUT2D eigenvalue weighted by atomic mass is 16.1. The molecule has 7 heteroatoms. The van der Waals surface area contributed by atoms with Gasteiger partial charge in [-0.2, -0.15) is 5.10 Å². The summed E-state index contributed by atoms with van der Waals surface area (Å²) in [5.74, 6) is 0.628. The first-order valence-corrected chi connectivity index (χ1v) is 7.58. The van der Waals surface area contributed by atoms with Gasteiger partial charge in [-0.3, -0.25) is 9.36 Å². The third-order valence-corrected chi connectivity index (χ3v) is 3.86. The zero-order valence-electron chi connectivity index (χ0n) is 12.6. The molecule has 7 nitrogen and oxygen atoms in total. The largest absolute Gasteiger partial charge is 0.369 e. The number of imidazole rings is 1. The Balaban J connectivity index is 1.70. The number of carbonyl (C=O) groups excluding carboxylic acids is 1. The second-order valence-electron chi connectivity index (χ2n) is 5.64. The summed E-state index contributed by atoms with van der Waals surface area (Å²) < 4.78 is 3.88. The average molecular weight is 290 g/mol. The van der Waals surface area contributed by atoms with Gasteiger partial charge in [-0.05, 0) is 33.1 Å². The molecule has 0 aliphatic heterocycles. The van der Waals surface area contributed by atoms with Crippen LogP contribution in [0.5, 0.6) is 0 Å². The lowest BCUT2D eigenvalue weighted by Crippen LogP contribution is -2.25. The fourth-order valence-corrected chi connectivity index (χ4v) is 2.61. The van der Waals surface area contributed by atoms with Crippen molar-refractivity contribution in [2.75, 3.05) is 5.73 Å². The predicted octanol–water partition coefficient (Wildman–Crippen LogP) is 1.20. The zero-order chi connectivity index (χ0) is 15.0. The van der Waals surface area contributed by atoms with E-state index in [4.69, 9.17) is 5.73 Å². The van der Waals surface area contributed by atoms with Crippen LogP contribution in [0.4, 0.5) is 5.95 Å². The van der Waals surface area contributed by atoms with Gasteiger partial charge in [-0.1, -0.05) is 0 Å². The Bertz CT molecular complexity index is 667. The van der Waals surface area contributed by atoms with Crippen LogP contribution in [-0.4, -0.2) is 31.3 Å². The fourth-order valence-electron chi connectivity index (χ4n) is 2.61. The van der Waals surface area contributed by atoms with E-state index in [0.29, 0.717) is 25.0 Å². The molecule has 1 saturated carbocycles. The van der Waals surface area contributed by atoms with Crippen LogP contribution in [0, 0.1) is 6.92 Å². The van der Waals surface area contributed by atoms with Crippen molar-refractivity contribution in [1.82, 2.24) is 24.6 Å². The Morgan fingerprint density at radius 2 is 2.24 bits per heavy atom. The minimum Gasteiger partial charge on any atom is -0.369 e. The number of anilines is 1. The Morgan fingerprint density at radius 3 is 2.90 bits per heavy atom. The van der Waals surface area contributed by atoms with E-state index in [0.717, 1.165) is 42.7 Å². The zero-order valence-corrected chi connectivity index (χ0v) is 12.6. The molecule has 0 saturated heterocycles. The molecule has 0 unspecified atom stereocenters. The molecule has 3 rings (SSSR count). The monoisotopic (exact) mass is 290 g/mol. The standard InChI is InChI=1S/C14H22N6O/c1-3-20-13-12(9(2)18-20)17-14(15)19(13)8-4-5-11(21)16-10-6-7-10/h10H,3-8H2,1-2H3,(H2,15,17)(H,16,21). The summed E-state index contributed by atoms with van der Waals surface area (Å²) in [6.45, 7) is 5.44. The van der Waals surface area contributed by atoms with Crippen molar-refractivity contribution >= 4 is 23.0 Å². The number of hydrogen-bond donors (Lipinski definition) is 2. The fraction of sp³-hybridized carbons (Fsp3) is 0.643. The van der Waals surface area contributed by atoms with Crippen LogP contribution in [0.2, 0.25) is 0 Å². The minimum atomic E-state index is 0.132. The number of carbonyl (C=O) groups is 1. The number of fused-ring (bicyclic) bond motifs is 1. The number of hydrogen-bond acceptors (Lipinski definition) is 4. The molecule has 0 spiro atoms. The molecule has 1 amide bonds. The average Bonchev–Trinajstić information content (AvgIpc) is 3.12. The summed E-state index contributed by atoms with van der Waals surface area (Å²) in [6, 6.07) is 0.423. The van der Waals surface area contributed by atoms with Crippen LogP contribution in [0.25, 0.3) is 11.2 Å². The van der Waals surface area contributed by atoms with Gasteiger partial charge >= 0.3 is 0 Å². The number of rotatable bonds is 6. The van der Waals surface area contributed by atoms with E-state index in [-0.39, 0.29) is 5.91 Å². The second kappa shape index (κ2) is 5.38. The number of nitrogens with one attached hydrogen (secondary N) is 1. The molecular formula is C14H22N6O. The third kappa shape index (κ3) is 2.72. The molecule has 2 aromatic heterocycles. The molecule has 1 aliphatic rings. The van der Waals surface area contributed by atoms with Crippen LogP contribution >= 0.6 is 0 Å². The molecule has 3 N–H and O–H groups in total. The van der Waals surface area contributed by atoms with E-state index in [9.17, 15) is 4.79 Å². The molecule has 0 bridgehead atoms. The van der Waals surface area contributed by atoms with Crippen LogP contribution in [-0.2, 0) is 17.9 Å². The van der Waals surface area contributed by atoms with Crippen molar-refractivity contribution < 1.29 is 4.79 Å². The Kier molecular flexibility index (Phi) is 3.57. The molecule has 2 aromatic rings. The van der Waals surface area contributed by atoms with Gasteiger partial charge in [0.25, 0.3) is 0 Å². The van der Waals surface area contributed by atoms with Crippen LogP contribution in [0.1, 0.15) is 38.3 Å². The van der Waals surface area contributed by atoms with E-state index in [1.807, 2.05) is 23.1 Å². The van der Waals surface area contributed by atoms with Gasteiger partial charge in [0.1, 0.15) is 5.52 Å². The van der Waals surface area contributed by atoms with Crippen molar-refractivity contribution in [3.8, 4) is 0 Å². The number of nitrogen functional groups attached to an aromatic ring is 1. The maximum Gasteiger partial charge on any atom is 0.220 e. The quantitative estimate of drug-likeness (QED) is 0.836. The summed E-state index contributed by atoms with van der Waals surface area (Å²) in [4.78, 5) is 16.1. The number of nitrogens with zero attached hydrogens (tertiary/aromatic N) is 4. The number of amides is 1. The SMILES string of the molecule is CCn1nc(C)c2nc(N)n(CCCC(=O)NC3CC3)c21. The van der Waals surface area contributed by atoms with Crippen LogP contribution in [0.3, 0.4) is 0 Å². The third-order valence-electron chi connectivity index (χ3n) is 3.86. The summed E-state index contributed by atoms with van der Waals surface area (Å²) in [6.07, 6.45) is 3.52. The first-order valence-electron chi connectivity index (χ1n) is 7.58. The summed E-state index contributed by atoms with van der Waals surface area (Å²) >= 11 is 0. The van der Waals surface area contributed by atoms with Crippen LogP contribution in [0.15, 0.2) is 0 Å². The number of aromatic nitrogens is 4. The lowest BCUT2D eigenvalue weighted by molar-refractivity contribution is -0.121. The van der Waals surface area contributed by atoms with E-state index in [1.165, 1.54) is 0 Å². The molecule has 1 fully saturated rings. The van der Waals surface area contributed by atoms with Crippen LogP contribution < -0.4 is 11.1 Å². The van der Waals surface area contributed by atoms with Crippen molar-refractivity contribution in [2.45, 2.75) is 58.7 Å². The van der Waals surface area contributed by atoms with E-state index in [2.05, 4.69) is 15.4 Å². The molecule has 2 heterocycles. The van der Waals surface area contributed by atoms with Crippen molar-refractivity contribution in [3.05, 3.63) is 5.69 Å².